The molecule has 132 valence electrons. The SMILES string of the molecule is CCCC[Se][SeH](CCCC)O[SeH](CCCC)[Se]CCCC. The van der Waals surface area contributed by atoms with Crippen molar-refractivity contribution in [1.29, 1.82) is 0 Å². The fourth-order valence-electron chi connectivity index (χ4n) is 1.56. The van der Waals surface area contributed by atoms with Crippen molar-refractivity contribution in [2.45, 2.75) is 100 Å². The van der Waals surface area contributed by atoms with Crippen LogP contribution in [0.2, 0.25) is 21.3 Å². The van der Waals surface area contributed by atoms with E-state index in [2.05, 4.69) is 27.7 Å². The van der Waals surface area contributed by atoms with Crippen LogP contribution in [-0.4, -0.2) is 51.1 Å². The van der Waals surface area contributed by atoms with Crippen LogP contribution in [0.1, 0.15) is 79.1 Å². The second-order valence-electron chi connectivity index (χ2n) is 5.27. The quantitative estimate of drug-likeness (QED) is 0.193. The van der Waals surface area contributed by atoms with Crippen LogP contribution in [0.5, 0.6) is 0 Å². The number of unbranched alkanes of at least 4 members (excludes halogenated alkanes) is 4. The minimum atomic E-state index is -0.865. The predicted octanol–water partition coefficient (Wildman–Crippen LogP) is 4.89. The molecular weight excluding hydrogens is 524 g/mol. The second kappa shape index (κ2) is 18.4. The van der Waals surface area contributed by atoms with Crippen molar-refractivity contribution >= 4 is 51.1 Å². The van der Waals surface area contributed by atoms with Crippen LogP contribution < -0.4 is 0 Å². The third-order valence-corrected chi connectivity index (χ3v) is 35.6. The van der Waals surface area contributed by atoms with Crippen molar-refractivity contribution in [2.24, 2.45) is 0 Å². The molecule has 2 atom stereocenters. The average Bonchev–Trinajstić information content (AvgIpc) is 2.50. The van der Waals surface area contributed by atoms with Gasteiger partial charge in [0.05, 0.1) is 0 Å². The molecule has 0 aliphatic heterocycles. The van der Waals surface area contributed by atoms with Crippen LogP contribution >= 0.6 is 0 Å². The molecule has 0 aromatic heterocycles. The Kier molecular flexibility index (Phi) is 20.2. The summed E-state index contributed by atoms with van der Waals surface area (Å²) in [7, 11) is 0. The number of hydrogen-bond donors (Lipinski definition) is 0. The predicted molar refractivity (Wildman–Crippen MR) is 106 cm³/mol. The Balaban J connectivity index is 4.22. The molecule has 0 radical (unpaired) electrons. The Hall–Kier alpha value is 2.04. The van der Waals surface area contributed by atoms with Gasteiger partial charge in [0.1, 0.15) is 0 Å². The van der Waals surface area contributed by atoms with Crippen molar-refractivity contribution in [3.63, 3.8) is 0 Å². The van der Waals surface area contributed by atoms with Gasteiger partial charge in [-0.25, -0.2) is 0 Å². The molecule has 5 heteroatoms. The molecule has 21 heavy (non-hydrogen) atoms. The molecule has 0 bridgehead atoms. The van der Waals surface area contributed by atoms with Gasteiger partial charge in [0, 0.05) is 0 Å². The summed E-state index contributed by atoms with van der Waals surface area (Å²) in [4.78, 5) is 0. The summed E-state index contributed by atoms with van der Waals surface area (Å²) in [6, 6.07) is 0. The Bertz CT molecular complexity index is 185. The zero-order chi connectivity index (χ0) is 15.8. The van der Waals surface area contributed by atoms with Crippen LogP contribution in [0.3, 0.4) is 0 Å². The van der Waals surface area contributed by atoms with Gasteiger partial charge in [0.15, 0.2) is 0 Å². The molecule has 0 spiro atoms. The standard InChI is InChI=1S/C16H38OSe4/c1-5-9-13-18-20(15-11-7-3)17-21(16-12-8-4)19-14-10-6-2/h20-21H,5-16H2,1-4H3. The van der Waals surface area contributed by atoms with E-state index < -0.39 is 24.8 Å². The van der Waals surface area contributed by atoms with E-state index in [9.17, 15) is 0 Å². The van der Waals surface area contributed by atoms with E-state index in [0.29, 0.717) is 0 Å². The van der Waals surface area contributed by atoms with Gasteiger partial charge in [0.2, 0.25) is 0 Å². The first-order valence-electron chi connectivity index (χ1n) is 8.77. The number of hydrogen-bond acceptors (Lipinski definition) is 1. The van der Waals surface area contributed by atoms with Crippen molar-refractivity contribution in [1.82, 2.24) is 0 Å². The maximum atomic E-state index is 6.90. The molecule has 0 heterocycles. The molecule has 0 aliphatic rings. The third kappa shape index (κ3) is 15.3. The fourth-order valence-corrected chi connectivity index (χ4v) is 46.2. The molecule has 0 N–H and O–H groups in total. The molecule has 2 unspecified atom stereocenters. The molecule has 0 fully saturated rings. The van der Waals surface area contributed by atoms with Crippen molar-refractivity contribution in [3.8, 4) is 0 Å². The van der Waals surface area contributed by atoms with E-state index in [-0.39, 0.29) is 0 Å². The van der Waals surface area contributed by atoms with Crippen molar-refractivity contribution in [3.05, 3.63) is 0 Å². The van der Waals surface area contributed by atoms with E-state index >= 15 is 0 Å². The van der Waals surface area contributed by atoms with Gasteiger partial charge < -0.3 is 0 Å². The van der Waals surface area contributed by atoms with Crippen LogP contribution in [0, 0.1) is 0 Å². The first-order chi connectivity index (χ1) is 10.3. The zero-order valence-corrected chi connectivity index (χ0v) is 21.8. The summed E-state index contributed by atoms with van der Waals surface area (Å²) >= 11 is 0.0437. The molecular formula is C16H38OSe4. The maximum absolute atomic E-state index is 6.90. The molecule has 0 saturated carbocycles. The van der Waals surface area contributed by atoms with Gasteiger partial charge >= 0.3 is 154 Å². The van der Waals surface area contributed by atoms with Crippen molar-refractivity contribution in [2.75, 3.05) is 0 Å². The minimum absolute atomic E-state index is 0.865. The fraction of sp³-hybridized carbons (Fsp3) is 1.00. The molecule has 0 rings (SSSR count). The third-order valence-electron chi connectivity index (χ3n) is 3.04. The Labute approximate surface area is 153 Å². The monoisotopic (exact) mass is 566 g/mol. The molecule has 0 aromatic carbocycles. The van der Waals surface area contributed by atoms with Crippen LogP contribution in [0.25, 0.3) is 0 Å². The summed E-state index contributed by atoms with van der Waals surface area (Å²) in [5, 5.41) is 6.00. The van der Waals surface area contributed by atoms with E-state index in [1.165, 1.54) is 72.6 Å². The van der Waals surface area contributed by atoms with Gasteiger partial charge in [-0.1, -0.05) is 0 Å². The second-order valence-corrected chi connectivity index (χ2v) is 29.4. The topological polar surface area (TPSA) is 9.23 Å². The van der Waals surface area contributed by atoms with Gasteiger partial charge in [-0.3, -0.25) is 0 Å². The van der Waals surface area contributed by atoms with Gasteiger partial charge in [-0.15, -0.1) is 0 Å². The molecule has 1 nitrogen and oxygen atoms in total. The van der Waals surface area contributed by atoms with Gasteiger partial charge in [0.25, 0.3) is 0 Å². The summed E-state index contributed by atoms with van der Waals surface area (Å²) in [6.07, 6.45) is 11.2. The summed E-state index contributed by atoms with van der Waals surface area (Å²) in [5.74, 6) is 0. The Morgan fingerprint density at radius 2 is 1.00 bits per heavy atom. The first kappa shape index (κ1) is 23.0. The van der Waals surface area contributed by atoms with Crippen LogP contribution in [0.15, 0.2) is 0 Å². The normalized spacial score (nSPS) is 16.0. The summed E-state index contributed by atoms with van der Waals surface area (Å²) < 4.78 is 6.90. The van der Waals surface area contributed by atoms with E-state index in [1.807, 2.05) is 0 Å². The van der Waals surface area contributed by atoms with Crippen LogP contribution in [-0.2, 0) is 2.90 Å². The average molecular weight is 562 g/mol. The van der Waals surface area contributed by atoms with Crippen molar-refractivity contribution < 1.29 is 2.90 Å². The Morgan fingerprint density at radius 1 is 0.619 bits per heavy atom. The van der Waals surface area contributed by atoms with Crippen LogP contribution in [0.4, 0.5) is 0 Å². The van der Waals surface area contributed by atoms with Gasteiger partial charge in [-0.2, -0.15) is 0 Å². The van der Waals surface area contributed by atoms with E-state index in [1.54, 1.807) is 0 Å². The number of rotatable bonds is 16. The van der Waals surface area contributed by atoms with E-state index in [4.69, 9.17) is 2.90 Å². The van der Waals surface area contributed by atoms with E-state index in [0.717, 1.165) is 26.3 Å². The molecule has 0 amide bonds. The molecule has 0 aromatic rings. The molecule has 0 saturated heterocycles. The first-order valence-corrected chi connectivity index (χ1v) is 24.9. The zero-order valence-electron chi connectivity index (χ0n) is 14.6. The summed E-state index contributed by atoms with van der Waals surface area (Å²) in [5.41, 5.74) is 0. The Morgan fingerprint density at radius 3 is 1.33 bits per heavy atom. The summed E-state index contributed by atoms with van der Waals surface area (Å²) in [6.45, 7) is 9.33. The molecule has 0 aliphatic carbocycles. The van der Waals surface area contributed by atoms with Gasteiger partial charge in [-0.05, 0) is 0 Å².